The van der Waals surface area contributed by atoms with Crippen molar-refractivity contribution in [3.8, 4) is 0 Å². The Balaban J connectivity index is 1.44. The fourth-order valence-electron chi connectivity index (χ4n) is 15.2. The van der Waals surface area contributed by atoms with Gasteiger partial charge in [0.15, 0.2) is 0 Å². The summed E-state index contributed by atoms with van der Waals surface area (Å²) in [4.78, 5) is 31.9. The van der Waals surface area contributed by atoms with Gasteiger partial charge in [-0.2, -0.15) is 0 Å². The van der Waals surface area contributed by atoms with Crippen molar-refractivity contribution >= 4 is 73.9 Å². The lowest BCUT2D eigenvalue weighted by molar-refractivity contribution is 0.949. The van der Waals surface area contributed by atoms with Gasteiger partial charge in [-0.1, -0.05) is 117 Å². The summed E-state index contributed by atoms with van der Waals surface area (Å²) in [5.74, 6) is 0. The Bertz CT molecular complexity index is 3950. The van der Waals surface area contributed by atoms with Crippen LogP contribution in [-0.2, 0) is 70.6 Å². The molecule has 0 aromatic carbocycles. The van der Waals surface area contributed by atoms with E-state index in [2.05, 4.69) is 172 Å². The number of hydrogen-bond donors (Lipinski definition) is 6. The van der Waals surface area contributed by atoms with Crippen LogP contribution in [0.1, 0.15) is 251 Å². The van der Waals surface area contributed by atoms with Crippen LogP contribution in [0.25, 0.3) is 68.2 Å². The van der Waals surface area contributed by atoms with Crippen molar-refractivity contribution in [3.05, 3.63) is 158 Å². The zero-order valence-electron chi connectivity index (χ0n) is 53.8. The van der Waals surface area contributed by atoms with E-state index in [9.17, 15) is 5.41 Å². The van der Waals surface area contributed by atoms with E-state index in [0.717, 1.165) is 169 Å². The Hall–Kier alpha value is -6.93. The van der Waals surface area contributed by atoms with E-state index < -0.39 is 0 Å². The van der Waals surface area contributed by atoms with Gasteiger partial charge in [0.05, 0.1) is 28.5 Å². The highest BCUT2D eigenvalue weighted by Crippen LogP contribution is 2.43. The molecule has 438 valence electrons. The highest BCUT2D eigenvalue weighted by atomic mass is 14.8. The molecule has 0 spiro atoms. The van der Waals surface area contributed by atoms with E-state index in [1.807, 2.05) is 0 Å². The number of aromatic nitrogens is 7. The van der Waals surface area contributed by atoms with E-state index in [4.69, 9.17) is 16.5 Å². The molecule has 83 heavy (non-hydrogen) atoms. The zero-order valence-corrected chi connectivity index (χ0v) is 53.8. The molecule has 0 aliphatic carbocycles. The van der Waals surface area contributed by atoms with Crippen LogP contribution in [0.3, 0.4) is 0 Å². The van der Waals surface area contributed by atoms with E-state index in [0.29, 0.717) is 25.0 Å². The lowest BCUT2D eigenvalue weighted by atomic mass is 9.85. The Kier molecular flexibility index (Phi) is 18.9. The van der Waals surface area contributed by atoms with Gasteiger partial charge in [0.2, 0.25) is 0 Å². The SMILES string of the molecule is C=C1C(CCc2c3nc(cc4[nH]c(cc5[nH]c(cc6nc2C(CC)=C6CC)c(CC)c5CC)c(CC)c4CC)C(CC)=C3CC)=c2[nH]/c(c(CC)c2CC)=C\c2[nH]c(c(CC)c2CC)C=c2[nH]c(c(CC)c2CC)=CC(=N)/C(CC)=C\1CC. The third-order valence-corrected chi connectivity index (χ3v) is 19.1. The van der Waals surface area contributed by atoms with Gasteiger partial charge >= 0.3 is 0 Å². The van der Waals surface area contributed by atoms with Crippen LogP contribution in [-0.4, -0.2) is 40.6 Å². The molecule has 6 N–H and O–H groups in total. The second-order valence-electron chi connectivity index (χ2n) is 22.9. The molecule has 6 aromatic heterocycles. The molecule has 9 heterocycles. The zero-order chi connectivity index (χ0) is 59.6. The van der Waals surface area contributed by atoms with Crippen LogP contribution in [0.5, 0.6) is 0 Å². The van der Waals surface area contributed by atoms with E-state index in [1.54, 1.807) is 0 Å². The number of aromatic amines is 5. The maximum atomic E-state index is 10.1. The largest absolute Gasteiger partial charge is 0.355 e. The molecule has 0 fully saturated rings. The van der Waals surface area contributed by atoms with Crippen molar-refractivity contribution in [1.82, 2.24) is 34.9 Å². The molecule has 8 heteroatoms. The molecule has 0 radical (unpaired) electrons. The monoisotopic (exact) mass is 1110 g/mol. The third kappa shape index (κ3) is 10.6. The molecule has 3 aliphatic heterocycles. The van der Waals surface area contributed by atoms with E-state index in [-0.39, 0.29) is 0 Å². The first-order valence-electron chi connectivity index (χ1n) is 32.6. The quantitative estimate of drug-likeness (QED) is 0.0483. The van der Waals surface area contributed by atoms with Crippen molar-refractivity contribution in [3.63, 3.8) is 0 Å². The molecule has 14 bridgehead atoms. The number of aryl methyl sites for hydroxylation is 4. The first kappa shape index (κ1) is 60.7. The van der Waals surface area contributed by atoms with Gasteiger partial charge in [0.25, 0.3) is 0 Å². The van der Waals surface area contributed by atoms with Gasteiger partial charge in [-0.3, -0.25) is 0 Å². The van der Waals surface area contributed by atoms with Crippen LogP contribution in [0.4, 0.5) is 0 Å². The van der Waals surface area contributed by atoms with Gasteiger partial charge in [0, 0.05) is 60.4 Å². The van der Waals surface area contributed by atoms with Gasteiger partial charge in [0.1, 0.15) is 0 Å². The highest BCUT2D eigenvalue weighted by Gasteiger charge is 2.29. The van der Waals surface area contributed by atoms with Crippen LogP contribution in [0, 0.1) is 5.41 Å². The number of H-pyrrole nitrogens is 5. The van der Waals surface area contributed by atoms with Crippen molar-refractivity contribution in [2.75, 3.05) is 0 Å². The van der Waals surface area contributed by atoms with Crippen LogP contribution >= 0.6 is 0 Å². The summed E-state index contributed by atoms with van der Waals surface area (Å²) < 4.78 is 0. The minimum absolute atomic E-state index is 0.547. The Morgan fingerprint density at radius 3 is 1.10 bits per heavy atom. The minimum atomic E-state index is 0.547. The van der Waals surface area contributed by atoms with Gasteiger partial charge in [-0.25, -0.2) is 9.97 Å². The standard InChI is InChI=1S/C75H98N8/c1-18-43-42(17)59(73-56(31-14)53(28-11)70(81-73)39-67-50(25-8)47(22-5)64(78-67)37-63-46(21-4)45(20-3)62(77-63)36-61(76)44(43)19-2)34-35-60-74-57(32-15)54(29-12)71(82-74)40-68-51(26-9)48(23-6)65(79-68)38-66-49(24-7)52(27-10)69(80-66)41-72-55(30-13)58(33-16)75(60)83-72/h36-41,76-81H,17-35H2,1-16H3/b44-43-,62-36?,63-37?,65-38?,66-38?,68-40?,69-41?,70-39-,71-40?,72-41?,73-59?,74-60?,75-60?,76-61?. The first-order valence-corrected chi connectivity index (χ1v) is 32.6. The lowest BCUT2D eigenvalue weighted by Crippen LogP contribution is -2.19. The summed E-state index contributed by atoms with van der Waals surface area (Å²) in [5, 5.41) is 14.6. The van der Waals surface area contributed by atoms with Crippen molar-refractivity contribution < 1.29 is 0 Å². The highest BCUT2D eigenvalue weighted by molar-refractivity contribution is 6.19. The van der Waals surface area contributed by atoms with Crippen LogP contribution in [0.15, 0.2) is 41.5 Å². The van der Waals surface area contributed by atoms with E-state index in [1.165, 1.54) is 111 Å². The fraction of sp³-hybridized carbons (Fsp3) is 0.453. The van der Waals surface area contributed by atoms with Crippen LogP contribution in [0.2, 0.25) is 0 Å². The first-order chi connectivity index (χ1) is 40.3. The molecular formula is C75H98N8. The van der Waals surface area contributed by atoms with Crippen LogP contribution < -0.4 is 21.4 Å². The molecule has 8 nitrogen and oxygen atoms in total. The predicted molar refractivity (Wildman–Crippen MR) is 358 cm³/mol. The average molecular weight is 1110 g/mol. The average Bonchev–Trinajstić information content (AvgIpc) is 3.37. The minimum Gasteiger partial charge on any atom is -0.355 e. The molecule has 0 atom stereocenters. The van der Waals surface area contributed by atoms with E-state index >= 15 is 0 Å². The summed E-state index contributed by atoms with van der Waals surface area (Å²) in [6, 6.07) is 7.14. The van der Waals surface area contributed by atoms with Gasteiger partial charge in [-0.05, 0) is 252 Å². The predicted octanol–water partition coefficient (Wildman–Crippen LogP) is 16.3. The number of rotatable bonds is 19. The Morgan fingerprint density at radius 1 is 0.325 bits per heavy atom. The Labute approximate surface area is 496 Å². The number of nitrogens with zero attached hydrogens (tertiary/aromatic N) is 2. The number of hydrogen-bond acceptors (Lipinski definition) is 3. The maximum Gasteiger partial charge on any atom is 0.0726 e. The van der Waals surface area contributed by atoms with Crippen molar-refractivity contribution in [1.29, 1.82) is 5.41 Å². The molecule has 0 amide bonds. The lowest BCUT2D eigenvalue weighted by Gasteiger charge is -2.20. The molecule has 9 rings (SSSR count). The second kappa shape index (κ2) is 25.9. The van der Waals surface area contributed by atoms with Crippen molar-refractivity contribution in [2.24, 2.45) is 0 Å². The molecule has 3 aliphatic rings. The Morgan fingerprint density at radius 2 is 0.699 bits per heavy atom. The molecule has 6 aromatic rings. The molecular weight excluding hydrogens is 1010 g/mol. The second-order valence-corrected chi connectivity index (χ2v) is 22.9. The van der Waals surface area contributed by atoms with Gasteiger partial charge < -0.3 is 30.3 Å². The molecule has 0 saturated carbocycles. The summed E-state index contributed by atoms with van der Waals surface area (Å²) in [6.07, 6.45) is 22.4. The number of nitrogens with one attached hydrogen (secondary N) is 6. The smallest absolute Gasteiger partial charge is 0.0726 e. The number of fused-ring (bicyclic) bond motifs is 14. The molecule has 0 unspecified atom stereocenters. The summed E-state index contributed by atoms with van der Waals surface area (Å²) in [5.41, 5.74) is 36.3. The summed E-state index contributed by atoms with van der Waals surface area (Å²) in [7, 11) is 0. The third-order valence-electron chi connectivity index (χ3n) is 19.1. The summed E-state index contributed by atoms with van der Waals surface area (Å²) in [6.45, 7) is 41.9. The number of allylic oxidation sites excluding steroid dienone is 7. The fourth-order valence-corrected chi connectivity index (χ4v) is 15.2. The van der Waals surface area contributed by atoms with Gasteiger partial charge in [-0.15, -0.1) is 0 Å². The summed E-state index contributed by atoms with van der Waals surface area (Å²) >= 11 is 0. The maximum absolute atomic E-state index is 10.1. The topological polar surface area (TPSA) is 129 Å². The molecule has 0 saturated heterocycles. The normalized spacial score (nSPS) is 15.4. The van der Waals surface area contributed by atoms with Crippen molar-refractivity contribution in [2.45, 2.75) is 226 Å².